The van der Waals surface area contributed by atoms with Gasteiger partial charge < -0.3 is 0 Å². The SMILES string of the molecule is C=c1/c(=C\c2ccc(SC)cc2)n(-c2ccccc2)c(=O)n1CC. The molecule has 0 amide bonds. The van der Waals surface area contributed by atoms with Crippen molar-refractivity contribution in [3.05, 3.63) is 81.3 Å². The highest BCUT2D eigenvalue weighted by molar-refractivity contribution is 7.98. The molecule has 0 radical (unpaired) electrons. The molecule has 4 heteroatoms. The zero-order valence-corrected chi connectivity index (χ0v) is 14.7. The van der Waals surface area contributed by atoms with E-state index in [0.29, 0.717) is 6.54 Å². The van der Waals surface area contributed by atoms with Crippen LogP contribution in [0.4, 0.5) is 0 Å². The van der Waals surface area contributed by atoms with Gasteiger partial charge in [-0.05, 0) is 49.1 Å². The van der Waals surface area contributed by atoms with E-state index in [0.717, 1.165) is 21.9 Å². The molecule has 0 aliphatic carbocycles. The van der Waals surface area contributed by atoms with Gasteiger partial charge in [-0.15, -0.1) is 11.8 Å². The van der Waals surface area contributed by atoms with Crippen molar-refractivity contribution >= 4 is 24.4 Å². The van der Waals surface area contributed by atoms with Gasteiger partial charge in [-0.1, -0.05) is 36.9 Å². The molecule has 3 aromatic rings. The molecule has 3 nitrogen and oxygen atoms in total. The van der Waals surface area contributed by atoms with Crippen LogP contribution in [0.15, 0.2) is 64.3 Å². The minimum Gasteiger partial charge on any atom is -0.292 e. The fraction of sp³-hybridized carbons (Fsp3) is 0.150. The van der Waals surface area contributed by atoms with Crippen LogP contribution in [-0.2, 0) is 6.54 Å². The molecule has 0 saturated heterocycles. The number of para-hydroxylation sites is 1. The van der Waals surface area contributed by atoms with Crippen LogP contribution in [-0.4, -0.2) is 15.4 Å². The molecule has 0 spiro atoms. The third kappa shape index (κ3) is 2.97. The zero-order chi connectivity index (χ0) is 17.1. The Labute approximate surface area is 145 Å². The summed E-state index contributed by atoms with van der Waals surface area (Å²) in [5.41, 5.74) is 1.85. The van der Waals surface area contributed by atoms with Crippen LogP contribution in [0.25, 0.3) is 18.3 Å². The summed E-state index contributed by atoms with van der Waals surface area (Å²) in [6.07, 6.45) is 4.08. The quantitative estimate of drug-likeness (QED) is 0.685. The second-order valence-corrected chi connectivity index (χ2v) is 6.33. The molecule has 0 N–H and O–H groups in total. The molecule has 0 bridgehead atoms. The molecule has 0 fully saturated rings. The van der Waals surface area contributed by atoms with Gasteiger partial charge in [-0.3, -0.25) is 9.13 Å². The summed E-state index contributed by atoms with van der Waals surface area (Å²) in [6, 6.07) is 18.0. The average Bonchev–Trinajstić information content (AvgIpc) is 2.86. The maximum absolute atomic E-state index is 12.8. The van der Waals surface area contributed by atoms with Gasteiger partial charge >= 0.3 is 5.69 Å². The Morgan fingerprint density at radius 1 is 1.08 bits per heavy atom. The van der Waals surface area contributed by atoms with Gasteiger partial charge in [-0.2, -0.15) is 0 Å². The lowest BCUT2D eigenvalue weighted by Crippen LogP contribution is -2.31. The van der Waals surface area contributed by atoms with Crippen molar-refractivity contribution in [2.45, 2.75) is 18.4 Å². The predicted molar refractivity (Wildman–Crippen MR) is 102 cm³/mol. The summed E-state index contributed by atoms with van der Waals surface area (Å²) in [4.78, 5) is 14.0. The average molecular weight is 336 g/mol. The van der Waals surface area contributed by atoms with Crippen LogP contribution in [0.5, 0.6) is 0 Å². The van der Waals surface area contributed by atoms with Crippen molar-refractivity contribution in [2.75, 3.05) is 6.26 Å². The number of hydrogen-bond donors (Lipinski definition) is 0. The van der Waals surface area contributed by atoms with E-state index in [2.05, 4.69) is 37.1 Å². The second-order valence-electron chi connectivity index (χ2n) is 5.45. The molecule has 0 unspecified atom stereocenters. The third-order valence-corrected chi connectivity index (χ3v) is 4.78. The zero-order valence-electron chi connectivity index (χ0n) is 13.9. The van der Waals surface area contributed by atoms with Crippen molar-refractivity contribution in [3.63, 3.8) is 0 Å². The summed E-state index contributed by atoms with van der Waals surface area (Å²) < 4.78 is 3.43. The fourth-order valence-corrected chi connectivity index (χ4v) is 3.17. The molecule has 3 rings (SSSR count). The van der Waals surface area contributed by atoms with Crippen LogP contribution in [0.1, 0.15) is 12.5 Å². The molecule has 0 atom stereocenters. The summed E-state index contributed by atoms with van der Waals surface area (Å²) in [5, 5.41) is 1.56. The fourth-order valence-electron chi connectivity index (χ4n) is 2.77. The van der Waals surface area contributed by atoms with E-state index >= 15 is 0 Å². The minimum atomic E-state index is -0.0549. The molecule has 0 saturated carbocycles. The lowest BCUT2D eigenvalue weighted by molar-refractivity contribution is 0.698. The van der Waals surface area contributed by atoms with Gasteiger partial charge in [0.05, 0.1) is 16.4 Å². The molecular weight excluding hydrogens is 316 g/mol. The van der Waals surface area contributed by atoms with Crippen molar-refractivity contribution in [1.82, 2.24) is 9.13 Å². The van der Waals surface area contributed by atoms with Crippen molar-refractivity contribution < 1.29 is 0 Å². The monoisotopic (exact) mass is 336 g/mol. The number of hydrogen-bond acceptors (Lipinski definition) is 2. The van der Waals surface area contributed by atoms with Crippen molar-refractivity contribution in [3.8, 4) is 5.69 Å². The molecule has 0 aliphatic rings. The molecule has 24 heavy (non-hydrogen) atoms. The normalized spacial score (nSPS) is 11.8. The largest absolute Gasteiger partial charge is 0.333 e. The lowest BCUT2D eigenvalue weighted by atomic mass is 10.2. The maximum Gasteiger partial charge on any atom is 0.333 e. The van der Waals surface area contributed by atoms with E-state index in [9.17, 15) is 4.79 Å². The summed E-state index contributed by atoms with van der Waals surface area (Å²) in [7, 11) is 0. The van der Waals surface area contributed by atoms with Crippen LogP contribution in [0.3, 0.4) is 0 Å². The number of benzene rings is 2. The van der Waals surface area contributed by atoms with E-state index < -0.39 is 0 Å². The molecule has 1 heterocycles. The second kappa shape index (κ2) is 6.97. The van der Waals surface area contributed by atoms with Gasteiger partial charge in [-0.25, -0.2) is 4.79 Å². The highest BCUT2D eigenvalue weighted by Crippen LogP contribution is 2.15. The Morgan fingerprint density at radius 2 is 1.75 bits per heavy atom. The van der Waals surface area contributed by atoms with Crippen LogP contribution >= 0.6 is 11.8 Å². The Kier molecular flexibility index (Phi) is 4.76. The van der Waals surface area contributed by atoms with Crippen LogP contribution < -0.4 is 16.4 Å². The smallest absolute Gasteiger partial charge is 0.292 e. The molecular formula is C20H20N2OS. The predicted octanol–water partition coefficient (Wildman–Crippen LogP) is 2.62. The van der Waals surface area contributed by atoms with Gasteiger partial charge in [0.1, 0.15) is 0 Å². The molecule has 122 valence electrons. The van der Waals surface area contributed by atoms with E-state index in [4.69, 9.17) is 0 Å². The highest BCUT2D eigenvalue weighted by atomic mass is 32.2. The van der Waals surface area contributed by atoms with Gasteiger partial charge in [0.25, 0.3) is 0 Å². The Hall–Kier alpha value is -2.46. The Morgan fingerprint density at radius 3 is 2.33 bits per heavy atom. The van der Waals surface area contributed by atoms with E-state index in [1.807, 2.05) is 43.3 Å². The minimum absolute atomic E-state index is 0.0549. The van der Waals surface area contributed by atoms with E-state index in [1.165, 1.54) is 4.90 Å². The summed E-state index contributed by atoms with van der Waals surface area (Å²) in [6.45, 7) is 6.70. The summed E-state index contributed by atoms with van der Waals surface area (Å²) in [5.74, 6) is 0. The van der Waals surface area contributed by atoms with Crippen molar-refractivity contribution in [2.24, 2.45) is 0 Å². The highest BCUT2D eigenvalue weighted by Gasteiger charge is 2.09. The Balaban J connectivity index is 2.28. The molecule has 2 aromatic carbocycles. The van der Waals surface area contributed by atoms with Crippen LogP contribution in [0.2, 0.25) is 0 Å². The number of imidazole rings is 1. The number of aromatic nitrogens is 2. The van der Waals surface area contributed by atoms with E-state index in [1.54, 1.807) is 20.9 Å². The van der Waals surface area contributed by atoms with Gasteiger partial charge in [0.2, 0.25) is 0 Å². The van der Waals surface area contributed by atoms with E-state index in [-0.39, 0.29) is 5.69 Å². The third-order valence-electron chi connectivity index (χ3n) is 4.03. The van der Waals surface area contributed by atoms with Gasteiger partial charge in [0.15, 0.2) is 0 Å². The standard InChI is InChI=1S/C20H20N2OS/c1-4-21-15(2)19(14-16-10-12-18(24-3)13-11-16)22(20(21)23)17-8-6-5-7-9-17/h5-14H,2,4H2,1,3H3/b19-14+. The van der Waals surface area contributed by atoms with Gasteiger partial charge in [0, 0.05) is 11.4 Å². The number of thioether (sulfide) groups is 1. The molecule has 0 aliphatic heterocycles. The topological polar surface area (TPSA) is 26.9 Å². The lowest BCUT2D eigenvalue weighted by Gasteiger charge is -2.02. The first-order valence-electron chi connectivity index (χ1n) is 7.87. The van der Waals surface area contributed by atoms with Crippen molar-refractivity contribution in [1.29, 1.82) is 0 Å². The Bertz CT molecular complexity index is 999. The maximum atomic E-state index is 12.8. The number of nitrogens with zero attached hydrogens (tertiary/aromatic N) is 2. The van der Waals surface area contributed by atoms with Crippen LogP contribution in [0, 0.1) is 0 Å². The first-order valence-corrected chi connectivity index (χ1v) is 9.10. The summed E-state index contributed by atoms with van der Waals surface area (Å²) >= 11 is 1.71. The first kappa shape index (κ1) is 16.4. The molecule has 1 aromatic heterocycles. The number of rotatable bonds is 4. The first-order chi connectivity index (χ1) is 11.7.